The lowest BCUT2D eigenvalue weighted by atomic mass is 10.1. The summed E-state index contributed by atoms with van der Waals surface area (Å²) in [6.45, 7) is 0.122. The lowest BCUT2D eigenvalue weighted by Crippen LogP contribution is -2.17. The van der Waals surface area contributed by atoms with Crippen LogP contribution in [0.25, 0.3) is 11.3 Å². The van der Waals surface area contributed by atoms with Crippen molar-refractivity contribution >= 4 is 29.4 Å². The van der Waals surface area contributed by atoms with E-state index >= 15 is 0 Å². The number of carbonyl (C=O) groups is 1. The van der Waals surface area contributed by atoms with Gasteiger partial charge in [0.25, 0.3) is 11.6 Å². The Balaban J connectivity index is 1.40. The zero-order valence-corrected chi connectivity index (χ0v) is 20.1. The van der Waals surface area contributed by atoms with Crippen molar-refractivity contribution in [1.29, 1.82) is 0 Å². The van der Waals surface area contributed by atoms with Crippen molar-refractivity contribution in [2.24, 2.45) is 5.10 Å². The van der Waals surface area contributed by atoms with Crippen molar-refractivity contribution in [2.45, 2.75) is 6.61 Å². The lowest BCUT2D eigenvalue weighted by molar-refractivity contribution is -0.384. The Morgan fingerprint density at radius 2 is 1.97 bits per heavy atom. The molecule has 0 fully saturated rings. The molecular weight excluding hydrogens is 505 g/mol. The van der Waals surface area contributed by atoms with Crippen LogP contribution in [0.3, 0.4) is 0 Å². The highest BCUT2D eigenvalue weighted by Gasteiger charge is 2.15. The summed E-state index contributed by atoms with van der Waals surface area (Å²) in [5.74, 6) is 0.419. The van der Waals surface area contributed by atoms with Gasteiger partial charge in [-0.15, -0.1) is 0 Å². The first kappa shape index (κ1) is 25.4. The van der Waals surface area contributed by atoms with Crippen molar-refractivity contribution in [2.75, 3.05) is 7.11 Å². The number of nitrogens with one attached hydrogen (secondary N) is 1. The topological polar surface area (TPSA) is 116 Å². The van der Waals surface area contributed by atoms with Gasteiger partial charge in [-0.05, 0) is 54.1 Å². The third-order valence-electron chi connectivity index (χ3n) is 5.12. The number of furan rings is 1. The second kappa shape index (κ2) is 11.4. The third-order valence-corrected chi connectivity index (χ3v) is 5.45. The van der Waals surface area contributed by atoms with Crippen molar-refractivity contribution in [3.63, 3.8) is 0 Å². The van der Waals surface area contributed by atoms with Gasteiger partial charge in [0.15, 0.2) is 11.5 Å². The number of halogens is 2. The quantitative estimate of drug-likeness (QED) is 0.163. The Morgan fingerprint density at radius 3 is 2.73 bits per heavy atom. The minimum absolute atomic E-state index is 0.122. The molecule has 1 N–H and O–H groups in total. The largest absolute Gasteiger partial charge is 0.493 e. The number of benzene rings is 3. The standard InChI is InChI=1S/C26H19ClFN3O6/c1-35-25-12-17(5-9-24(25)36-15-16-3-2-4-18(28)11-16)26(32)30-29-14-20-7-10-23(37-20)21-13-19(31(33)34)6-8-22(21)27/h2-14H,15H2,1H3,(H,30,32)/b29-14-. The Morgan fingerprint density at radius 1 is 1.14 bits per heavy atom. The summed E-state index contributed by atoms with van der Waals surface area (Å²) in [5, 5.41) is 15.2. The maximum absolute atomic E-state index is 13.4. The molecule has 37 heavy (non-hydrogen) atoms. The maximum atomic E-state index is 13.4. The van der Waals surface area contributed by atoms with Gasteiger partial charge in [0.05, 0.1) is 23.3 Å². The zero-order chi connectivity index (χ0) is 26.4. The van der Waals surface area contributed by atoms with Gasteiger partial charge in [-0.25, -0.2) is 9.82 Å². The third kappa shape index (κ3) is 6.30. The Kier molecular flexibility index (Phi) is 7.80. The van der Waals surface area contributed by atoms with Gasteiger partial charge in [-0.1, -0.05) is 23.7 Å². The van der Waals surface area contributed by atoms with Crippen LogP contribution in [-0.4, -0.2) is 24.2 Å². The average Bonchev–Trinajstić information content (AvgIpc) is 3.36. The second-order valence-corrected chi connectivity index (χ2v) is 8.01. The van der Waals surface area contributed by atoms with E-state index in [4.69, 9.17) is 25.5 Å². The first-order chi connectivity index (χ1) is 17.8. The molecule has 1 aromatic heterocycles. The monoisotopic (exact) mass is 523 g/mol. The van der Waals surface area contributed by atoms with Gasteiger partial charge in [0.2, 0.25) is 0 Å². The van der Waals surface area contributed by atoms with Crippen LogP contribution in [0.4, 0.5) is 10.1 Å². The van der Waals surface area contributed by atoms with E-state index in [2.05, 4.69) is 10.5 Å². The van der Waals surface area contributed by atoms with E-state index in [0.29, 0.717) is 28.4 Å². The van der Waals surface area contributed by atoms with Gasteiger partial charge in [-0.3, -0.25) is 14.9 Å². The van der Waals surface area contributed by atoms with Crippen LogP contribution in [-0.2, 0) is 6.61 Å². The molecule has 3 aromatic carbocycles. The lowest BCUT2D eigenvalue weighted by Gasteiger charge is -2.12. The number of hydrogen-bond donors (Lipinski definition) is 1. The van der Waals surface area contributed by atoms with Crippen LogP contribution in [0.5, 0.6) is 11.5 Å². The molecule has 0 aliphatic heterocycles. The fraction of sp³-hybridized carbons (Fsp3) is 0.0769. The van der Waals surface area contributed by atoms with Crippen molar-refractivity contribution in [1.82, 2.24) is 5.43 Å². The first-order valence-corrected chi connectivity index (χ1v) is 11.1. The zero-order valence-electron chi connectivity index (χ0n) is 19.3. The Labute approximate surface area is 215 Å². The summed E-state index contributed by atoms with van der Waals surface area (Å²) in [6.07, 6.45) is 1.28. The van der Waals surface area contributed by atoms with Gasteiger partial charge >= 0.3 is 0 Å². The minimum Gasteiger partial charge on any atom is -0.493 e. The van der Waals surface area contributed by atoms with E-state index in [-0.39, 0.29) is 34.5 Å². The molecule has 9 nitrogen and oxygen atoms in total. The SMILES string of the molecule is COc1cc(C(=O)N/N=C\c2ccc(-c3cc([N+](=O)[O-])ccc3Cl)o2)ccc1OCc1cccc(F)c1. The number of ether oxygens (including phenoxy) is 2. The Hall–Kier alpha value is -4.70. The predicted molar refractivity (Wildman–Crippen MR) is 135 cm³/mol. The normalized spacial score (nSPS) is 10.9. The molecule has 188 valence electrons. The number of hydrogen-bond acceptors (Lipinski definition) is 7. The highest BCUT2D eigenvalue weighted by molar-refractivity contribution is 6.33. The van der Waals surface area contributed by atoms with E-state index in [0.717, 1.165) is 0 Å². The maximum Gasteiger partial charge on any atom is 0.271 e. The average molecular weight is 524 g/mol. The first-order valence-electron chi connectivity index (χ1n) is 10.8. The molecule has 4 rings (SSSR count). The molecule has 11 heteroatoms. The predicted octanol–water partition coefficient (Wildman–Crippen LogP) is 6.00. The molecule has 0 radical (unpaired) electrons. The van der Waals surface area contributed by atoms with Gasteiger partial charge < -0.3 is 13.9 Å². The molecule has 1 amide bonds. The number of non-ortho nitro benzene ring substituents is 1. The van der Waals surface area contributed by atoms with E-state index < -0.39 is 10.8 Å². The molecule has 0 aliphatic carbocycles. The number of rotatable bonds is 9. The highest BCUT2D eigenvalue weighted by atomic mass is 35.5. The van der Waals surface area contributed by atoms with Crippen LogP contribution < -0.4 is 14.9 Å². The number of amides is 1. The minimum atomic E-state index is -0.529. The summed E-state index contributed by atoms with van der Waals surface area (Å²) >= 11 is 6.14. The number of hydrazone groups is 1. The molecule has 0 saturated carbocycles. The molecule has 4 aromatic rings. The van der Waals surface area contributed by atoms with Crippen molar-refractivity contribution in [3.05, 3.63) is 111 Å². The number of nitro benzene ring substituents is 1. The summed E-state index contributed by atoms with van der Waals surface area (Å²) in [4.78, 5) is 23.0. The fourth-order valence-corrected chi connectivity index (χ4v) is 3.53. The smallest absolute Gasteiger partial charge is 0.271 e. The number of carbonyl (C=O) groups excluding carboxylic acids is 1. The van der Waals surface area contributed by atoms with Crippen LogP contribution in [0.15, 0.2) is 82.3 Å². The molecule has 0 atom stereocenters. The molecule has 1 heterocycles. The number of nitrogens with zero attached hydrogens (tertiary/aromatic N) is 2. The van der Waals surface area contributed by atoms with E-state index in [1.54, 1.807) is 30.3 Å². The second-order valence-electron chi connectivity index (χ2n) is 7.61. The van der Waals surface area contributed by atoms with E-state index in [9.17, 15) is 19.3 Å². The summed E-state index contributed by atoms with van der Waals surface area (Å²) in [6, 6.07) is 17.8. The Bertz CT molecular complexity index is 1490. The molecule has 0 bridgehead atoms. The highest BCUT2D eigenvalue weighted by Crippen LogP contribution is 2.32. The molecule has 0 spiro atoms. The van der Waals surface area contributed by atoms with E-state index in [1.165, 1.54) is 55.8 Å². The van der Waals surface area contributed by atoms with Crippen LogP contribution in [0.2, 0.25) is 5.02 Å². The number of nitro groups is 1. The molecule has 0 aliphatic rings. The van der Waals surface area contributed by atoms with Gasteiger partial charge in [0.1, 0.15) is 23.9 Å². The fourth-order valence-electron chi connectivity index (χ4n) is 3.32. The van der Waals surface area contributed by atoms with Gasteiger partial charge in [-0.2, -0.15) is 5.10 Å². The van der Waals surface area contributed by atoms with Crippen molar-refractivity contribution < 1.29 is 28.0 Å². The molecule has 0 unspecified atom stereocenters. The van der Waals surface area contributed by atoms with E-state index in [1.807, 2.05) is 0 Å². The molecule has 0 saturated heterocycles. The van der Waals surface area contributed by atoms with Crippen molar-refractivity contribution in [3.8, 4) is 22.8 Å². The van der Waals surface area contributed by atoms with Crippen LogP contribution in [0.1, 0.15) is 21.7 Å². The number of methoxy groups -OCH3 is 1. The summed E-state index contributed by atoms with van der Waals surface area (Å²) in [5.41, 5.74) is 3.52. The van der Waals surface area contributed by atoms with Crippen LogP contribution in [0, 0.1) is 15.9 Å². The summed E-state index contributed by atoms with van der Waals surface area (Å²) in [7, 11) is 1.44. The van der Waals surface area contributed by atoms with Crippen LogP contribution >= 0.6 is 11.6 Å². The summed E-state index contributed by atoms with van der Waals surface area (Å²) < 4.78 is 30.0. The molecular formula is C26H19ClFN3O6. The van der Waals surface area contributed by atoms with Gasteiger partial charge in [0, 0.05) is 23.3 Å².